The second-order valence-corrected chi connectivity index (χ2v) is 5.98. The first-order chi connectivity index (χ1) is 10.5. The Hall–Kier alpha value is -2.05. The first-order valence-corrected chi connectivity index (χ1v) is 7.50. The number of nitro groups is 1. The zero-order chi connectivity index (χ0) is 15.9. The Bertz CT molecular complexity index is 892. The third-order valence-electron chi connectivity index (χ3n) is 3.26. The number of rotatable bonds is 3. The standard InChI is InChI=1S/C15H10BrClN2O3/c1-18-8-11(16)10-3-2-4-14(15(10)18)22-13-6-5-9(19(20)21)7-12(13)17/h2-8H,1H3. The monoisotopic (exact) mass is 380 g/mol. The maximum Gasteiger partial charge on any atom is 0.271 e. The molecule has 0 unspecified atom stereocenters. The van der Waals surface area contributed by atoms with Crippen molar-refractivity contribution in [2.24, 2.45) is 7.05 Å². The summed E-state index contributed by atoms with van der Waals surface area (Å²) in [6, 6.07) is 9.81. The van der Waals surface area contributed by atoms with Gasteiger partial charge in [-0.3, -0.25) is 10.1 Å². The Morgan fingerprint density at radius 3 is 2.73 bits per heavy atom. The molecule has 5 nitrogen and oxygen atoms in total. The van der Waals surface area contributed by atoms with Gasteiger partial charge in [-0.05, 0) is 28.1 Å². The van der Waals surface area contributed by atoms with Crippen molar-refractivity contribution in [1.29, 1.82) is 0 Å². The van der Waals surface area contributed by atoms with E-state index in [1.54, 1.807) is 0 Å². The van der Waals surface area contributed by atoms with Crippen molar-refractivity contribution in [2.45, 2.75) is 0 Å². The zero-order valence-corrected chi connectivity index (χ0v) is 13.8. The van der Waals surface area contributed by atoms with Crippen molar-refractivity contribution >= 4 is 44.1 Å². The van der Waals surface area contributed by atoms with Crippen LogP contribution in [0.15, 0.2) is 47.1 Å². The smallest absolute Gasteiger partial charge is 0.271 e. The van der Waals surface area contributed by atoms with Crippen LogP contribution in [-0.4, -0.2) is 9.49 Å². The lowest BCUT2D eigenvalue weighted by atomic mass is 10.2. The van der Waals surface area contributed by atoms with Crippen LogP contribution in [0.5, 0.6) is 11.5 Å². The first kappa shape index (κ1) is 14.9. The lowest BCUT2D eigenvalue weighted by Crippen LogP contribution is -1.92. The molecule has 3 rings (SSSR count). The van der Waals surface area contributed by atoms with Crippen molar-refractivity contribution in [2.75, 3.05) is 0 Å². The summed E-state index contributed by atoms with van der Waals surface area (Å²) in [7, 11) is 1.91. The fraction of sp³-hybridized carbons (Fsp3) is 0.0667. The molecular formula is C15H10BrClN2O3. The number of para-hydroxylation sites is 1. The molecule has 0 spiro atoms. The molecule has 112 valence electrons. The molecule has 3 aromatic rings. The van der Waals surface area contributed by atoms with Crippen LogP contribution in [0.4, 0.5) is 5.69 Å². The number of hydrogen-bond acceptors (Lipinski definition) is 3. The van der Waals surface area contributed by atoms with Crippen LogP contribution in [-0.2, 0) is 7.05 Å². The van der Waals surface area contributed by atoms with E-state index in [9.17, 15) is 10.1 Å². The summed E-state index contributed by atoms with van der Waals surface area (Å²) in [5, 5.41) is 11.9. The Labute approximate surface area is 139 Å². The van der Waals surface area contributed by atoms with Crippen LogP contribution in [0.1, 0.15) is 0 Å². The van der Waals surface area contributed by atoms with Crippen molar-refractivity contribution in [3.05, 3.63) is 62.2 Å². The highest BCUT2D eigenvalue weighted by molar-refractivity contribution is 9.10. The fourth-order valence-corrected chi connectivity index (χ4v) is 3.11. The molecule has 7 heteroatoms. The van der Waals surface area contributed by atoms with Crippen LogP contribution in [0.25, 0.3) is 10.9 Å². The summed E-state index contributed by atoms with van der Waals surface area (Å²) in [4.78, 5) is 10.2. The van der Waals surface area contributed by atoms with Gasteiger partial charge in [0.05, 0.1) is 15.5 Å². The Morgan fingerprint density at radius 1 is 1.27 bits per heavy atom. The molecule has 0 bridgehead atoms. The number of halogens is 2. The maximum absolute atomic E-state index is 10.7. The number of benzene rings is 2. The van der Waals surface area contributed by atoms with Crippen LogP contribution >= 0.6 is 27.5 Å². The summed E-state index contributed by atoms with van der Waals surface area (Å²) >= 11 is 9.57. The molecule has 0 aliphatic carbocycles. The Morgan fingerprint density at radius 2 is 2.05 bits per heavy atom. The third kappa shape index (κ3) is 2.55. The van der Waals surface area contributed by atoms with E-state index in [1.165, 1.54) is 18.2 Å². The summed E-state index contributed by atoms with van der Waals surface area (Å²) in [6.07, 6.45) is 1.94. The number of nitrogens with zero attached hydrogens (tertiary/aromatic N) is 2. The molecule has 1 aromatic heterocycles. The third-order valence-corrected chi connectivity index (χ3v) is 4.19. The zero-order valence-electron chi connectivity index (χ0n) is 11.4. The SMILES string of the molecule is Cn1cc(Br)c2cccc(Oc3ccc([N+](=O)[O-])cc3Cl)c21. The molecule has 0 atom stereocenters. The van der Waals surface area contributed by atoms with E-state index in [0.717, 1.165) is 15.4 Å². The van der Waals surface area contributed by atoms with E-state index in [4.69, 9.17) is 16.3 Å². The van der Waals surface area contributed by atoms with Gasteiger partial charge in [-0.25, -0.2) is 0 Å². The van der Waals surface area contributed by atoms with Crippen LogP contribution in [0.2, 0.25) is 5.02 Å². The van der Waals surface area contributed by atoms with Crippen molar-refractivity contribution in [3.63, 3.8) is 0 Å². The number of aromatic nitrogens is 1. The van der Waals surface area contributed by atoms with E-state index in [1.807, 2.05) is 36.0 Å². The maximum atomic E-state index is 10.7. The quantitative estimate of drug-likeness (QED) is 0.457. The number of aryl methyl sites for hydroxylation is 1. The molecule has 0 saturated carbocycles. The van der Waals surface area contributed by atoms with Gasteiger partial charge < -0.3 is 9.30 Å². The van der Waals surface area contributed by atoms with Gasteiger partial charge in [0.2, 0.25) is 0 Å². The highest BCUT2D eigenvalue weighted by Crippen LogP contribution is 2.37. The van der Waals surface area contributed by atoms with Gasteiger partial charge in [0.25, 0.3) is 5.69 Å². The molecule has 0 aliphatic heterocycles. The molecule has 0 aliphatic rings. The molecule has 0 saturated heterocycles. The van der Waals surface area contributed by atoms with Crippen LogP contribution in [0.3, 0.4) is 0 Å². The van der Waals surface area contributed by atoms with Gasteiger partial charge in [0.1, 0.15) is 5.75 Å². The number of nitro benzene ring substituents is 1. The molecule has 0 amide bonds. The second kappa shape index (κ2) is 5.62. The summed E-state index contributed by atoms with van der Waals surface area (Å²) in [5.74, 6) is 0.999. The van der Waals surface area contributed by atoms with Crippen molar-refractivity contribution in [3.8, 4) is 11.5 Å². The van der Waals surface area contributed by atoms with E-state index in [-0.39, 0.29) is 10.7 Å². The molecule has 22 heavy (non-hydrogen) atoms. The molecular weight excluding hydrogens is 372 g/mol. The molecule has 0 radical (unpaired) electrons. The number of fused-ring (bicyclic) bond motifs is 1. The van der Waals surface area contributed by atoms with E-state index in [0.29, 0.717) is 11.5 Å². The summed E-state index contributed by atoms with van der Waals surface area (Å²) in [5.41, 5.74) is 0.834. The van der Waals surface area contributed by atoms with E-state index >= 15 is 0 Å². The van der Waals surface area contributed by atoms with E-state index < -0.39 is 4.92 Å². The fourth-order valence-electron chi connectivity index (χ4n) is 2.27. The van der Waals surface area contributed by atoms with Gasteiger partial charge >= 0.3 is 0 Å². The highest BCUT2D eigenvalue weighted by Gasteiger charge is 2.14. The molecule has 0 N–H and O–H groups in total. The highest BCUT2D eigenvalue weighted by atomic mass is 79.9. The van der Waals surface area contributed by atoms with E-state index in [2.05, 4.69) is 15.9 Å². The minimum Gasteiger partial charge on any atom is -0.454 e. The van der Waals surface area contributed by atoms with Crippen molar-refractivity contribution < 1.29 is 9.66 Å². The number of hydrogen-bond donors (Lipinski definition) is 0. The second-order valence-electron chi connectivity index (χ2n) is 4.71. The largest absolute Gasteiger partial charge is 0.454 e. The van der Waals surface area contributed by atoms with Gasteiger partial charge in [-0.15, -0.1) is 0 Å². The predicted molar refractivity (Wildman–Crippen MR) is 88.8 cm³/mol. The lowest BCUT2D eigenvalue weighted by Gasteiger charge is -2.10. The Balaban J connectivity index is 2.05. The average molecular weight is 382 g/mol. The molecule has 0 fully saturated rings. The summed E-state index contributed by atoms with van der Waals surface area (Å²) in [6.45, 7) is 0. The minimum atomic E-state index is -0.495. The van der Waals surface area contributed by atoms with Crippen LogP contribution < -0.4 is 4.74 Å². The van der Waals surface area contributed by atoms with Crippen LogP contribution in [0, 0.1) is 10.1 Å². The number of non-ortho nitro benzene ring substituents is 1. The molecule has 1 heterocycles. The first-order valence-electron chi connectivity index (χ1n) is 6.32. The summed E-state index contributed by atoms with van der Waals surface area (Å²) < 4.78 is 8.76. The minimum absolute atomic E-state index is 0.0721. The topological polar surface area (TPSA) is 57.3 Å². The van der Waals surface area contributed by atoms with Gasteiger partial charge in [-0.1, -0.05) is 23.7 Å². The lowest BCUT2D eigenvalue weighted by molar-refractivity contribution is -0.384. The van der Waals surface area contributed by atoms with Crippen molar-refractivity contribution in [1.82, 2.24) is 4.57 Å². The van der Waals surface area contributed by atoms with Gasteiger partial charge in [0, 0.05) is 35.2 Å². The number of ether oxygens (including phenoxy) is 1. The Kier molecular flexibility index (Phi) is 3.80. The average Bonchev–Trinajstić information content (AvgIpc) is 2.77. The van der Waals surface area contributed by atoms with Gasteiger partial charge in [-0.2, -0.15) is 0 Å². The molecule has 2 aromatic carbocycles. The normalized spacial score (nSPS) is 10.9. The van der Waals surface area contributed by atoms with Gasteiger partial charge in [0.15, 0.2) is 5.75 Å². The predicted octanol–water partition coefficient (Wildman–Crippen LogP) is 5.29.